The van der Waals surface area contributed by atoms with Crippen LogP contribution < -0.4 is 10.6 Å². The summed E-state index contributed by atoms with van der Waals surface area (Å²) in [4.78, 5) is 13.1. The van der Waals surface area contributed by atoms with Crippen molar-refractivity contribution in [2.75, 3.05) is 37.0 Å². The van der Waals surface area contributed by atoms with Crippen molar-refractivity contribution in [1.29, 1.82) is 0 Å². The highest BCUT2D eigenvalue weighted by atomic mass is 16.6. The van der Waals surface area contributed by atoms with Crippen LogP contribution in [0.5, 0.6) is 0 Å². The van der Waals surface area contributed by atoms with Gasteiger partial charge >= 0.3 is 0 Å². The summed E-state index contributed by atoms with van der Waals surface area (Å²) in [5.41, 5.74) is 0.859. The molecule has 0 radical (unpaired) electrons. The molecule has 0 aliphatic carbocycles. The van der Waals surface area contributed by atoms with Gasteiger partial charge in [-0.3, -0.25) is 4.57 Å². The first-order valence-corrected chi connectivity index (χ1v) is 9.01. The number of anilines is 2. The van der Waals surface area contributed by atoms with E-state index in [1.165, 1.54) is 10.9 Å². The molecule has 5 N–H and O–H groups in total. The van der Waals surface area contributed by atoms with Gasteiger partial charge in [0.2, 0.25) is 5.95 Å². The lowest BCUT2D eigenvalue weighted by molar-refractivity contribution is -0.0501. The zero-order valence-corrected chi connectivity index (χ0v) is 15.0. The minimum Gasteiger partial charge on any atom is -0.394 e. The van der Waals surface area contributed by atoms with Crippen LogP contribution in [0.1, 0.15) is 12.6 Å². The molecule has 0 aromatic carbocycles. The highest BCUT2D eigenvalue weighted by Crippen LogP contribution is 2.35. The summed E-state index contributed by atoms with van der Waals surface area (Å²) in [5.74, 6) is 3.30. The highest BCUT2D eigenvalue weighted by Gasteiger charge is 2.45. The predicted molar refractivity (Wildman–Crippen MR) is 98.5 cm³/mol. The van der Waals surface area contributed by atoms with E-state index in [4.69, 9.17) is 15.9 Å². The molecule has 2 saturated heterocycles. The lowest BCUT2D eigenvalue weighted by atomic mass is 10.1. The molecule has 0 bridgehead atoms. The molecule has 2 aromatic heterocycles. The summed E-state index contributed by atoms with van der Waals surface area (Å²) in [5, 5.41) is 36.3. The molecule has 11 heteroatoms. The Morgan fingerprint density at radius 2 is 2.18 bits per heavy atom. The third-order valence-electron chi connectivity index (χ3n) is 4.87. The third-order valence-corrected chi connectivity index (χ3v) is 4.87. The van der Waals surface area contributed by atoms with Crippen molar-refractivity contribution in [2.24, 2.45) is 0 Å². The molecule has 28 heavy (non-hydrogen) atoms. The van der Waals surface area contributed by atoms with Crippen molar-refractivity contribution in [3.05, 3.63) is 6.33 Å². The van der Waals surface area contributed by atoms with Crippen molar-refractivity contribution < 1.29 is 24.8 Å². The first kappa shape index (κ1) is 18.9. The number of terminal acetylenes is 1. The number of aliphatic hydroxyl groups excluding tert-OH is 3. The fraction of sp³-hybridized carbons (Fsp3) is 0.588. The number of aliphatic hydroxyl groups is 3. The molecular weight excluding hydrogens is 368 g/mol. The average Bonchev–Trinajstić information content (AvgIpc) is 3.40. The van der Waals surface area contributed by atoms with Crippen molar-refractivity contribution in [1.82, 2.24) is 19.5 Å². The summed E-state index contributed by atoms with van der Waals surface area (Å²) in [6.45, 7) is 1.00. The Bertz CT molecular complexity index is 877. The smallest absolute Gasteiger partial charge is 0.208 e. The monoisotopic (exact) mass is 390 g/mol. The van der Waals surface area contributed by atoms with E-state index in [0.29, 0.717) is 36.1 Å². The second kappa shape index (κ2) is 7.86. The molecule has 2 fully saturated rings. The summed E-state index contributed by atoms with van der Waals surface area (Å²) in [6, 6.07) is 0.110. The third kappa shape index (κ3) is 3.25. The predicted octanol–water partition coefficient (Wildman–Crippen LogP) is -1.32. The minimum absolute atomic E-state index is 0.110. The van der Waals surface area contributed by atoms with E-state index in [2.05, 4.69) is 31.5 Å². The van der Waals surface area contributed by atoms with E-state index in [-0.39, 0.29) is 12.6 Å². The maximum atomic E-state index is 10.5. The molecule has 4 rings (SSSR count). The number of fused-ring (bicyclic) bond motifs is 1. The molecule has 2 aliphatic heterocycles. The van der Waals surface area contributed by atoms with Crippen molar-refractivity contribution in [3.63, 3.8) is 0 Å². The molecule has 150 valence electrons. The molecule has 0 spiro atoms. The normalized spacial score (nSPS) is 29.9. The number of nitrogens with zero attached hydrogens (tertiary/aromatic N) is 4. The molecular formula is C17H22N6O5. The number of aromatic nitrogens is 4. The van der Waals surface area contributed by atoms with Gasteiger partial charge in [-0.1, -0.05) is 5.92 Å². The number of imidazole rings is 1. The highest BCUT2D eigenvalue weighted by molar-refractivity contribution is 5.85. The number of hydrogen-bond donors (Lipinski definition) is 5. The van der Waals surface area contributed by atoms with Gasteiger partial charge in [0.1, 0.15) is 24.6 Å². The van der Waals surface area contributed by atoms with Gasteiger partial charge in [-0.15, -0.1) is 6.42 Å². The van der Waals surface area contributed by atoms with Crippen LogP contribution in [0.4, 0.5) is 11.8 Å². The zero-order valence-electron chi connectivity index (χ0n) is 15.0. The fourth-order valence-corrected chi connectivity index (χ4v) is 3.45. The van der Waals surface area contributed by atoms with Crippen LogP contribution in [-0.4, -0.2) is 85.6 Å². The number of rotatable bonds is 6. The quantitative estimate of drug-likeness (QED) is 0.376. The molecule has 2 aliphatic rings. The van der Waals surface area contributed by atoms with Crippen LogP contribution in [0.25, 0.3) is 11.2 Å². The Morgan fingerprint density at radius 1 is 1.32 bits per heavy atom. The van der Waals surface area contributed by atoms with Crippen LogP contribution in [0, 0.1) is 12.3 Å². The van der Waals surface area contributed by atoms with Gasteiger partial charge in [0.25, 0.3) is 0 Å². The van der Waals surface area contributed by atoms with E-state index >= 15 is 0 Å². The van der Waals surface area contributed by atoms with Gasteiger partial charge in [-0.2, -0.15) is 0 Å². The molecule has 0 amide bonds. The zero-order chi connectivity index (χ0) is 19.7. The lowest BCUT2D eigenvalue weighted by Crippen LogP contribution is -2.33. The van der Waals surface area contributed by atoms with Crippen LogP contribution in [-0.2, 0) is 9.47 Å². The summed E-state index contributed by atoms with van der Waals surface area (Å²) < 4.78 is 12.6. The SMILES string of the molecule is C#CCNc1nc2c(NC3CCOC3)ncnc2n1C1OC(CO)C(O)C1O. The first-order chi connectivity index (χ1) is 13.6. The molecule has 0 saturated carbocycles. The number of ether oxygens (including phenoxy) is 2. The molecule has 5 atom stereocenters. The number of nitrogens with one attached hydrogen (secondary N) is 2. The average molecular weight is 390 g/mol. The van der Waals surface area contributed by atoms with E-state index in [1.54, 1.807) is 0 Å². The van der Waals surface area contributed by atoms with Crippen LogP contribution in [0.2, 0.25) is 0 Å². The minimum atomic E-state index is -1.28. The standard InChI is InChI=1S/C17H22N6O5/c1-2-4-18-17-22-11-14(21-9-3-5-27-7-9)19-8-20-15(11)23(17)16-13(26)12(25)10(6-24)28-16/h1,8-10,12-13,16,24-26H,3-7H2,(H,18,22)(H,19,20,21). The Labute approximate surface area is 160 Å². The van der Waals surface area contributed by atoms with Crippen molar-refractivity contribution in [3.8, 4) is 12.3 Å². The molecule has 4 heterocycles. The van der Waals surface area contributed by atoms with E-state index in [9.17, 15) is 15.3 Å². The van der Waals surface area contributed by atoms with Crippen LogP contribution in [0.3, 0.4) is 0 Å². The first-order valence-electron chi connectivity index (χ1n) is 9.01. The second-order valence-corrected chi connectivity index (χ2v) is 6.69. The van der Waals surface area contributed by atoms with Gasteiger partial charge in [0.05, 0.1) is 25.8 Å². The Hall–Kier alpha value is -2.49. The molecule has 11 nitrogen and oxygen atoms in total. The summed E-state index contributed by atoms with van der Waals surface area (Å²) in [7, 11) is 0. The van der Waals surface area contributed by atoms with Gasteiger partial charge in [-0.25, -0.2) is 15.0 Å². The van der Waals surface area contributed by atoms with Gasteiger partial charge in [0, 0.05) is 6.61 Å². The van der Waals surface area contributed by atoms with Crippen LogP contribution >= 0.6 is 0 Å². The summed E-state index contributed by atoms with van der Waals surface area (Å²) in [6.07, 6.45) is 3.12. The Balaban J connectivity index is 1.76. The summed E-state index contributed by atoms with van der Waals surface area (Å²) >= 11 is 0. The van der Waals surface area contributed by atoms with Gasteiger partial charge in [-0.05, 0) is 6.42 Å². The Morgan fingerprint density at radius 3 is 2.86 bits per heavy atom. The molecule has 5 unspecified atom stereocenters. The fourth-order valence-electron chi connectivity index (χ4n) is 3.45. The Kier molecular flexibility index (Phi) is 5.29. The van der Waals surface area contributed by atoms with Gasteiger partial charge < -0.3 is 35.4 Å². The van der Waals surface area contributed by atoms with E-state index < -0.39 is 31.1 Å². The lowest BCUT2D eigenvalue weighted by Gasteiger charge is -2.19. The topological polar surface area (TPSA) is 147 Å². The van der Waals surface area contributed by atoms with Gasteiger partial charge in [0.15, 0.2) is 23.2 Å². The second-order valence-electron chi connectivity index (χ2n) is 6.69. The largest absolute Gasteiger partial charge is 0.394 e. The van der Waals surface area contributed by atoms with E-state index in [0.717, 1.165) is 6.42 Å². The van der Waals surface area contributed by atoms with E-state index in [1.807, 2.05) is 0 Å². The van der Waals surface area contributed by atoms with Crippen molar-refractivity contribution >= 4 is 22.9 Å². The maximum Gasteiger partial charge on any atom is 0.208 e. The van der Waals surface area contributed by atoms with Crippen LogP contribution in [0.15, 0.2) is 6.33 Å². The molecule has 2 aromatic rings. The number of hydrogen-bond acceptors (Lipinski definition) is 10. The maximum absolute atomic E-state index is 10.5. The van der Waals surface area contributed by atoms with Crippen molar-refractivity contribution in [2.45, 2.75) is 37.0 Å².